The average molecular weight is 295 g/mol. The molecule has 1 aromatic carbocycles. The van der Waals surface area contributed by atoms with Gasteiger partial charge < -0.3 is 9.88 Å². The lowest BCUT2D eigenvalue weighted by Gasteiger charge is -2.27. The lowest BCUT2D eigenvalue weighted by atomic mass is 9.87. The molecule has 1 fully saturated rings. The van der Waals surface area contributed by atoms with Crippen molar-refractivity contribution in [2.24, 2.45) is 5.92 Å². The molecule has 3 nitrogen and oxygen atoms in total. The molecule has 0 aliphatic heterocycles. The first-order valence-electron chi connectivity index (χ1n) is 8.50. The molecule has 1 aliphatic rings. The van der Waals surface area contributed by atoms with Crippen LogP contribution in [0.3, 0.4) is 0 Å². The predicted molar refractivity (Wildman–Crippen MR) is 90.9 cm³/mol. The Morgan fingerprint density at radius 3 is 2.82 bits per heavy atom. The molecule has 2 unspecified atom stereocenters. The fourth-order valence-electron chi connectivity index (χ4n) is 3.97. The third kappa shape index (κ3) is 2.76. The van der Waals surface area contributed by atoms with Crippen molar-refractivity contribution >= 4 is 10.9 Å². The molecule has 0 saturated heterocycles. The van der Waals surface area contributed by atoms with Crippen LogP contribution in [0.1, 0.15) is 50.2 Å². The van der Waals surface area contributed by atoms with Crippen LogP contribution in [0.2, 0.25) is 0 Å². The Morgan fingerprint density at radius 1 is 1.27 bits per heavy atom. The number of H-pyrrole nitrogens is 1. The van der Waals surface area contributed by atoms with Crippen molar-refractivity contribution < 1.29 is 0 Å². The number of fused-ring (bicyclic) bond motifs is 1. The molecule has 2 aromatic rings. The summed E-state index contributed by atoms with van der Waals surface area (Å²) in [4.78, 5) is 5.73. The quantitative estimate of drug-likeness (QED) is 0.895. The first-order valence-corrected chi connectivity index (χ1v) is 8.50. The Kier molecular flexibility index (Phi) is 4.49. The smallest absolute Gasteiger partial charge is 0.101 e. The largest absolute Gasteiger partial charge is 0.360 e. The molecule has 22 heavy (non-hydrogen) atoms. The maximum atomic E-state index is 9.24. The van der Waals surface area contributed by atoms with E-state index in [1.54, 1.807) is 0 Å². The predicted octanol–water partition coefficient (Wildman–Crippen LogP) is 4.27. The second-order valence-corrected chi connectivity index (χ2v) is 6.40. The van der Waals surface area contributed by atoms with Gasteiger partial charge in [0.25, 0.3) is 0 Å². The van der Waals surface area contributed by atoms with Crippen molar-refractivity contribution in [2.75, 3.05) is 19.6 Å². The van der Waals surface area contributed by atoms with Gasteiger partial charge in [0, 0.05) is 23.6 Å². The SMILES string of the molecule is CCN(CC)CC1CCCC1c1ccc2[nH]cc(C#N)c2c1. The first-order chi connectivity index (χ1) is 10.8. The highest BCUT2D eigenvalue weighted by molar-refractivity contribution is 5.86. The maximum Gasteiger partial charge on any atom is 0.101 e. The van der Waals surface area contributed by atoms with Crippen molar-refractivity contribution in [3.63, 3.8) is 0 Å². The summed E-state index contributed by atoms with van der Waals surface area (Å²) in [7, 11) is 0. The third-order valence-corrected chi connectivity index (χ3v) is 5.30. The van der Waals surface area contributed by atoms with E-state index >= 15 is 0 Å². The Balaban J connectivity index is 1.87. The van der Waals surface area contributed by atoms with Gasteiger partial charge in [0.05, 0.1) is 5.56 Å². The number of nitrogens with one attached hydrogen (secondary N) is 1. The highest BCUT2D eigenvalue weighted by atomic mass is 15.1. The summed E-state index contributed by atoms with van der Waals surface area (Å²) in [6.45, 7) is 7.97. The van der Waals surface area contributed by atoms with E-state index in [-0.39, 0.29) is 0 Å². The monoisotopic (exact) mass is 295 g/mol. The molecule has 3 heteroatoms. The van der Waals surface area contributed by atoms with Crippen LogP contribution >= 0.6 is 0 Å². The van der Waals surface area contributed by atoms with Gasteiger partial charge in [-0.2, -0.15) is 5.26 Å². The zero-order valence-electron chi connectivity index (χ0n) is 13.6. The number of hydrogen-bond donors (Lipinski definition) is 1. The van der Waals surface area contributed by atoms with Crippen molar-refractivity contribution in [2.45, 2.75) is 39.0 Å². The van der Waals surface area contributed by atoms with Gasteiger partial charge in [-0.15, -0.1) is 0 Å². The molecule has 0 spiro atoms. The fourth-order valence-corrected chi connectivity index (χ4v) is 3.97. The lowest BCUT2D eigenvalue weighted by molar-refractivity contribution is 0.243. The van der Waals surface area contributed by atoms with Gasteiger partial charge in [0.15, 0.2) is 0 Å². The molecule has 0 radical (unpaired) electrons. The van der Waals surface area contributed by atoms with E-state index < -0.39 is 0 Å². The van der Waals surface area contributed by atoms with Gasteiger partial charge in [-0.1, -0.05) is 26.3 Å². The van der Waals surface area contributed by atoms with Crippen LogP contribution in [-0.4, -0.2) is 29.5 Å². The van der Waals surface area contributed by atoms with E-state index in [9.17, 15) is 5.26 Å². The van der Waals surface area contributed by atoms with Crippen LogP contribution in [0.4, 0.5) is 0 Å². The van der Waals surface area contributed by atoms with E-state index in [0.29, 0.717) is 5.92 Å². The molecule has 3 rings (SSSR count). The van der Waals surface area contributed by atoms with Crippen LogP contribution < -0.4 is 0 Å². The molecule has 1 aromatic heterocycles. The molecular formula is C19H25N3. The minimum absolute atomic E-state index is 0.645. The van der Waals surface area contributed by atoms with Gasteiger partial charge in [0.1, 0.15) is 6.07 Å². The topological polar surface area (TPSA) is 42.8 Å². The molecule has 0 bridgehead atoms. The molecule has 2 atom stereocenters. The van der Waals surface area contributed by atoms with E-state index in [4.69, 9.17) is 0 Å². The third-order valence-electron chi connectivity index (χ3n) is 5.30. The molecule has 116 valence electrons. The minimum Gasteiger partial charge on any atom is -0.360 e. The van der Waals surface area contributed by atoms with Gasteiger partial charge in [-0.25, -0.2) is 0 Å². The summed E-state index contributed by atoms with van der Waals surface area (Å²) in [5.41, 5.74) is 3.24. The second kappa shape index (κ2) is 6.54. The maximum absolute atomic E-state index is 9.24. The van der Waals surface area contributed by atoms with Gasteiger partial charge in [-0.3, -0.25) is 0 Å². The summed E-state index contributed by atoms with van der Waals surface area (Å²) in [6.07, 6.45) is 5.75. The number of rotatable bonds is 5. The van der Waals surface area contributed by atoms with E-state index in [1.807, 2.05) is 6.20 Å². The summed E-state index contributed by atoms with van der Waals surface area (Å²) >= 11 is 0. The summed E-state index contributed by atoms with van der Waals surface area (Å²) in [6, 6.07) is 8.93. The highest BCUT2D eigenvalue weighted by Gasteiger charge is 2.29. The molecule has 1 aliphatic carbocycles. The van der Waals surface area contributed by atoms with E-state index in [2.05, 4.69) is 48.0 Å². The van der Waals surface area contributed by atoms with Crippen LogP contribution in [0, 0.1) is 17.2 Å². The molecule has 1 heterocycles. The van der Waals surface area contributed by atoms with Crippen LogP contribution in [0.25, 0.3) is 10.9 Å². The number of benzene rings is 1. The second-order valence-electron chi connectivity index (χ2n) is 6.40. The zero-order valence-corrected chi connectivity index (χ0v) is 13.6. The first kappa shape index (κ1) is 15.1. The molecule has 1 N–H and O–H groups in total. The Labute approximate surface area is 132 Å². The number of aromatic amines is 1. The van der Waals surface area contributed by atoms with Crippen LogP contribution in [0.15, 0.2) is 24.4 Å². The number of nitriles is 1. The molecule has 0 amide bonds. The van der Waals surface area contributed by atoms with Crippen molar-refractivity contribution in [1.82, 2.24) is 9.88 Å². The van der Waals surface area contributed by atoms with Crippen molar-refractivity contribution in [3.05, 3.63) is 35.5 Å². The Bertz CT molecular complexity index is 676. The average Bonchev–Trinajstić information content (AvgIpc) is 3.18. The fraction of sp³-hybridized carbons (Fsp3) is 0.526. The van der Waals surface area contributed by atoms with Crippen molar-refractivity contribution in [1.29, 1.82) is 5.26 Å². The van der Waals surface area contributed by atoms with E-state index in [0.717, 1.165) is 35.5 Å². The summed E-state index contributed by atoms with van der Waals surface area (Å²) in [5, 5.41) is 10.3. The molecule has 1 saturated carbocycles. The normalized spacial score (nSPS) is 21.5. The zero-order chi connectivity index (χ0) is 15.5. The van der Waals surface area contributed by atoms with Crippen LogP contribution in [0.5, 0.6) is 0 Å². The van der Waals surface area contributed by atoms with E-state index in [1.165, 1.54) is 31.4 Å². The van der Waals surface area contributed by atoms with Crippen LogP contribution in [-0.2, 0) is 0 Å². The number of nitrogens with zero attached hydrogens (tertiary/aromatic N) is 2. The Hall–Kier alpha value is -1.79. The Morgan fingerprint density at radius 2 is 2.09 bits per heavy atom. The lowest BCUT2D eigenvalue weighted by Crippen LogP contribution is -2.30. The number of aromatic nitrogens is 1. The van der Waals surface area contributed by atoms with Crippen molar-refractivity contribution in [3.8, 4) is 6.07 Å². The van der Waals surface area contributed by atoms with Gasteiger partial charge in [0.2, 0.25) is 0 Å². The summed E-state index contributed by atoms with van der Waals surface area (Å²) < 4.78 is 0. The number of hydrogen-bond acceptors (Lipinski definition) is 2. The van der Waals surface area contributed by atoms with Gasteiger partial charge in [-0.05, 0) is 55.5 Å². The molecular weight excluding hydrogens is 270 g/mol. The summed E-state index contributed by atoms with van der Waals surface area (Å²) in [5.74, 6) is 1.40. The highest BCUT2D eigenvalue weighted by Crippen LogP contribution is 2.41. The standard InChI is InChI=1S/C19H25N3/c1-3-22(4-2)13-15-6-5-7-17(15)14-8-9-19-18(10-14)16(11-20)12-21-19/h8-10,12,15,17,21H,3-7,13H2,1-2H3. The minimum atomic E-state index is 0.645. The van der Waals surface area contributed by atoms with Gasteiger partial charge >= 0.3 is 0 Å².